The van der Waals surface area contributed by atoms with Gasteiger partial charge in [0.25, 0.3) is 0 Å². The Morgan fingerprint density at radius 3 is 2.71 bits per heavy atom. The van der Waals surface area contributed by atoms with Crippen LogP contribution < -0.4 is 0 Å². The first-order valence-corrected chi connectivity index (χ1v) is 8.32. The van der Waals surface area contributed by atoms with Crippen LogP contribution in [0.3, 0.4) is 0 Å². The van der Waals surface area contributed by atoms with Gasteiger partial charge in [-0.05, 0) is 20.8 Å². The molecule has 3 aromatic rings. The molecule has 0 aromatic carbocycles. The van der Waals surface area contributed by atoms with E-state index in [1.165, 1.54) is 0 Å². The molecule has 0 saturated heterocycles. The quantitative estimate of drug-likeness (QED) is 0.693. The molecule has 1 unspecified atom stereocenters. The molecule has 3 rings (SSSR count). The lowest BCUT2D eigenvalue weighted by atomic mass is 10.3. The Balaban J connectivity index is 2.20. The van der Waals surface area contributed by atoms with Crippen LogP contribution >= 0.6 is 22.9 Å². The minimum atomic E-state index is 0.127. The van der Waals surface area contributed by atoms with E-state index in [0.717, 1.165) is 39.8 Å². The second-order valence-electron chi connectivity index (χ2n) is 5.22. The summed E-state index contributed by atoms with van der Waals surface area (Å²) in [6, 6.07) is 0.127. The molecule has 1 atom stereocenters. The second kappa shape index (κ2) is 5.42. The normalized spacial score (nSPS) is 13.2. The van der Waals surface area contributed by atoms with Gasteiger partial charge in [-0.15, -0.1) is 22.9 Å². The van der Waals surface area contributed by atoms with E-state index in [-0.39, 0.29) is 6.04 Å². The molecule has 0 fully saturated rings. The Kier molecular flexibility index (Phi) is 3.75. The topological polar surface area (TPSA) is 48.5 Å². The summed E-state index contributed by atoms with van der Waals surface area (Å²) in [7, 11) is 1.96. The Morgan fingerprint density at radius 1 is 1.33 bits per heavy atom. The molecule has 0 aliphatic rings. The van der Waals surface area contributed by atoms with Crippen LogP contribution in [0.25, 0.3) is 11.2 Å². The highest BCUT2D eigenvalue weighted by atomic mass is 35.5. The summed E-state index contributed by atoms with van der Waals surface area (Å²) < 4.78 is 4.11. The van der Waals surface area contributed by atoms with E-state index >= 15 is 0 Å². The van der Waals surface area contributed by atoms with E-state index in [0.29, 0.717) is 5.88 Å². The monoisotopic (exact) mass is 323 g/mol. The van der Waals surface area contributed by atoms with Crippen molar-refractivity contribution in [2.45, 2.75) is 33.2 Å². The zero-order chi connectivity index (χ0) is 15.1. The Labute approximate surface area is 132 Å². The van der Waals surface area contributed by atoms with Crippen LogP contribution in [-0.2, 0) is 13.5 Å². The summed E-state index contributed by atoms with van der Waals surface area (Å²) in [5, 5.41) is 7.64. The third-order valence-electron chi connectivity index (χ3n) is 3.61. The van der Waals surface area contributed by atoms with Gasteiger partial charge >= 0.3 is 0 Å². The summed E-state index contributed by atoms with van der Waals surface area (Å²) in [5.74, 6) is 1.55. The number of aromatic nitrogens is 5. The van der Waals surface area contributed by atoms with Gasteiger partial charge in [0.1, 0.15) is 16.3 Å². The zero-order valence-corrected chi connectivity index (χ0v) is 14.2. The van der Waals surface area contributed by atoms with Crippen LogP contribution in [-0.4, -0.2) is 30.2 Å². The molecule has 0 radical (unpaired) electrons. The lowest BCUT2D eigenvalue weighted by Crippen LogP contribution is -2.13. The Bertz CT molecular complexity index is 785. The van der Waals surface area contributed by atoms with Crippen LogP contribution in [0, 0.1) is 13.8 Å². The molecule has 0 spiro atoms. The van der Waals surface area contributed by atoms with E-state index in [9.17, 15) is 0 Å². The fraction of sp³-hybridized carbons (Fsp3) is 0.500. The smallest absolute Gasteiger partial charge is 0.159 e. The number of hydrogen-bond donors (Lipinski definition) is 0. The van der Waals surface area contributed by atoms with Gasteiger partial charge in [-0.3, -0.25) is 4.68 Å². The Morgan fingerprint density at radius 2 is 2.10 bits per heavy atom. The van der Waals surface area contributed by atoms with Crippen molar-refractivity contribution < 1.29 is 0 Å². The fourth-order valence-corrected chi connectivity index (χ4v) is 3.70. The van der Waals surface area contributed by atoms with Gasteiger partial charge < -0.3 is 4.57 Å². The average molecular weight is 324 g/mol. The van der Waals surface area contributed by atoms with Gasteiger partial charge in [-0.1, -0.05) is 0 Å². The molecule has 3 aromatic heterocycles. The van der Waals surface area contributed by atoms with Crippen LogP contribution in [0.15, 0.2) is 5.38 Å². The summed E-state index contributed by atoms with van der Waals surface area (Å²) in [6.45, 7) is 6.16. The Hall–Kier alpha value is -1.40. The maximum atomic E-state index is 5.95. The predicted octanol–water partition coefficient (Wildman–Crippen LogP) is 3.23. The summed E-state index contributed by atoms with van der Waals surface area (Å²) in [5.41, 5.74) is 3.99. The highest BCUT2D eigenvalue weighted by molar-refractivity contribution is 7.09. The van der Waals surface area contributed by atoms with E-state index in [2.05, 4.69) is 27.0 Å². The predicted molar refractivity (Wildman–Crippen MR) is 86.3 cm³/mol. The van der Waals surface area contributed by atoms with Crippen molar-refractivity contribution in [2.75, 3.05) is 5.88 Å². The standard InChI is InChI=1S/C14H18ClN5S/c1-8-7-21-13(16-8)10(3)20-11(5-6-15)17-12-9(2)18-19(4)14(12)20/h7,10H,5-6H2,1-4H3. The molecule has 0 N–H and O–H groups in total. The number of halogens is 1. The van der Waals surface area contributed by atoms with Gasteiger partial charge in [0, 0.05) is 30.4 Å². The molecular weight excluding hydrogens is 306 g/mol. The molecule has 7 heteroatoms. The minimum Gasteiger partial charge on any atom is -0.303 e. The third-order valence-corrected chi connectivity index (χ3v) is 4.93. The number of hydrogen-bond acceptors (Lipinski definition) is 4. The molecular formula is C14H18ClN5S. The van der Waals surface area contributed by atoms with Gasteiger partial charge in [0.2, 0.25) is 0 Å². The molecule has 0 aliphatic carbocycles. The summed E-state index contributed by atoms with van der Waals surface area (Å²) in [4.78, 5) is 9.37. The van der Waals surface area contributed by atoms with Crippen molar-refractivity contribution in [3.63, 3.8) is 0 Å². The molecule has 112 valence electrons. The molecule has 0 amide bonds. The molecule has 0 aliphatic heterocycles. The van der Waals surface area contributed by atoms with Crippen molar-refractivity contribution >= 4 is 34.1 Å². The lowest BCUT2D eigenvalue weighted by Gasteiger charge is -2.15. The van der Waals surface area contributed by atoms with E-state index < -0.39 is 0 Å². The minimum absolute atomic E-state index is 0.127. The number of rotatable bonds is 4. The zero-order valence-electron chi connectivity index (χ0n) is 12.6. The van der Waals surface area contributed by atoms with Gasteiger partial charge in [0.15, 0.2) is 5.65 Å². The molecule has 0 saturated carbocycles. The average Bonchev–Trinajstić information content (AvgIpc) is 3.08. The summed E-state index contributed by atoms with van der Waals surface area (Å²) in [6.07, 6.45) is 0.740. The lowest BCUT2D eigenvalue weighted by molar-refractivity contribution is 0.595. The van der Waals surface area contributed by atoms with Crippen molar-refractivity contribution in [1.82, 2.24) is 24.3 Å². The number of alkyl halides is 1. The summed E-state index contributed by atoms with van der Waals surface area (Å²) >= 11 is 7.63. The number of fused-ring (bicyclic) bond motifs is 1. The highest BCUT2D eigenvalue weighted by Gasteiger charge is 2.23. The molecule has 3 heterocycles. The first-order chi connectivity index (χ1) is 10.0. The van der Waals surface area contributed by atoms with Crippen LogP contribution in [0.4, 0.5) is 0 Å². The maximum Gasteiger partial charge on any atom is 0.159 e. The van der Waals surface area contributed by atoms with E-state index in [4.69, 9.17) is 16.6 Å². The molecule has 21 heavy (non-hydrogen) atoms. The van der Waals surface area contributed by atoms with E-state index in [1.807, 2.05) is 25.6 Å². The van der Waals surface area contributed by atoms with Crippen molar-refractivity contribution in [3.05, 3.63) is 27.6 Å². The van der Waals surface area contributed by atoms with Crippen molar-refractivity contribution in [2.24, 2.45) is 7.05 Å². The first-order valence-electron chi connectivity index (χ1n) is 6.91. The van der Waals surface area contributed by atoms with Gasteiger partial charge in [0.05, 0.1) is 11.7 Å². The first kappa shape index (κ1) is 14.5. The van der Waals surface area contributed by atoms with Crippen molar-refractivity contribution in [3.8, 4) is 0 Å². The maximum absolute atomic E-state index is 5.95. The highest BCUT2D eigenvalue weighted by Crippen LogP contribution is 2.29. The molecule has 0 bridgehead atoms. The molecule has 5 nitrogen and oxygen atoms in total. The van der Waals surface area contributed by atoms with Crippen molar-refractivity contribution in [1.29, 1.82) is 0 Å². The van der Waals surface area contributed by atoms with E-state index in [1.54, 1.807) is 11.3 Å². The van der Waals surface area contributed by atoms with Crippen LogP contribution in [0.5, 0.6) is 0 Å². The largest absolute Gasteiger partial charge is 0.303 e. The number of thiazole rings is 1. The fourth-order valence-electron chi connectivity index (χ4n) is 2.68. The van der Waals surface area contributed by atoms with Crippen LogP contribution in [0.1, 0.15) is 35.2 Å². The van der Waals surface area contributed by atoms with Crippen LogP contribution in [0.2, 0.25) is 0 Å². The SMILES string of the molecule is Cc1csc(C(C)n2c(CCCl)nc3c(C)nn(C)c32)n1. The number of aryl methyl sites for hydroxylation is 4. The second-order valence-corrected chi connectivity index (χ2v) is 6.49. The van der Waals surface area contributed by atoms with Gasteiger partial charge in [-0.25, -0.2) is 9.97 Å². The number of imidazole rings is 1. The number of nitrogens with zero attached hydrogens (tertiary/aromatic N) is 5. The van der Waals surface area contributed by atoms with Gasteiger partial charge in [-0.2, -0.15) is 5.10 Å². The third kappa shape index (κ3) is 2.36.